The average molecular weight is 595 g/mol. The van der Waals surface area contributed by atoms with Crippen LogP contribution in [0.3, 0.4) is 0 Å². The molecule has 0 unspecified atom stereocenters. The van der Waals surface area contributed by atoms with Crippen molar-refractivity contribution in [2.75, 3.05) is 6.61 Å². The normalized spacial score (nSPS) is 33.5. The molecule has 2 aliphatic rings. The maximum Gasteiger partial charge on any atom is 0.239 e. The van der Waals surface area contributed by atoms with Crippen molar-refractivity contribution in [2.24, 2.45) is 0 Å². The van der Waals surface area contributed by atoms with Gasteiger partial charge in [0.1, 0.15) is 64.8 Å². The first-order valence-corrected chi connectivity index (χ1v) is 12.9. The number of aliphatic hydroxyl groups excluding tert-OH is 6. The van der Waals surface area contributed by atoms with Crippen LogP contribution in [-0.2, 0) is 14.2 Å². The molecule has 10 atom stereocenters. The summed E-state index contributed by atoms with van der Waals surface area (Å²) in [6, 6.07) is 7.31. The summed E-state index contributed by atoms with van der Waals surface area (Å²) in [5, 5.41) is 91.6. The van der Waals surface area contributed by atoms with E-state index in [0.29, 0.717) is 0 Å². The van der Waals surface area contributed by atoms with Crippen molar-refractivity contribution in [1.29, 1.82) is 0 Å². The van der Waals surface area contributed by atoms with E-state index in [4.69, 9.17) is 23.4 Å². The standard InChI is InChI=1S/C27H30O15/c1-9-17(32)20(35)22(37)26(38-9)42-25-21(36)18(33)15(8-28)40-27(25)41-24-19(34)16-13(31)6-12(30)7-14(16)39-23(24)10-2-4-11(29)5-3-10/h2-7,9,15,17-18,20-22,25-33,35-37H,8H2,1H3/t9-,15+,17-,18-,20+,21-,22+,25+,26-,27-/m0/s1. The Labute approximate surface area is 236 Å². The van der Waals surface area contributed by atoms with Gasteiger partial charge in [0, 0.05) is 17.7 Å². The Morgan fingerprint density at radius 3 is 2.17 bits per heavy atom. The zero-order valence-corrected chi connectivity index (χ0v) is 21.9. The van der Waals surface area contributed by atoms with Crippen molar-refractivity contribution < 1.29 is 69.3 Å². The average Bonchev–Trinajstić information content (AvgIpc) is 2.95. The molecule has 0 amide bonds. The molecule has 0 bridgehead atoms. The Bertz CT molecular complexity index is 1470. The summed E-state index contributed by atoms with van der Waals surface area (Å²) in [5.74, 6) is -2.03. The summed E-state index contributed by atoms with van der Waals surface area (Å²) in [5.41, 5.74) is -0.995. The zero-order valence-electron chi connectivity index (χ0n) is 21.9. The molecule has 15 heteroatoms. The van der Waals surface area contributed by atoms with Gasteiger partial charge in [0.25, 0.3) is 0 Å². The molecule has 0 spiro atoms. The van der Waals surface area contributed by atoms with Gasteiger partial charge in [-0.1, -0.05) is 0 Å². The minimum Gasteiger partial charge on any atom is -0.508 e. The highest BCUT2D eigenvalue weighted by molar-refractivity contribution is 5.88. The van der Waals surface area contributed by atoms with Gasteiger partial charge in [-0.3, -0.25) is 4.79 Å². The second-order valence-corrected chi connectivity index (χ2v) is 10.1. The van der Waals surface area contributed by atoms with Crippen LogP contribution < -0.4 is 10.2 Å². The van der Waals surface area contributed by atoms with Crippen molar-refractivity contribution in [3.05, 3.63) is 46.6 Å². The number of fused-ring (bicyclic) bond motifs is 1. The summed E-state index contributed by atoms with van der Waals surface area (Å²) in [7, 11) is 0. The molecular weight excluding hydrogens is 564 g/mol. The molecule has 2 saturated heterocycles. The van der Waals surface area contributed by atoms with E-state index in [1.807, 2.05) is 0 Å². The molecular formula is C27H30O15. The highest BCUT2D eigenvalue weighted by Crippen LogP contribution is 2.38. The minimum atomic E-state index is -1.87. The van der Waals surface area contributed by atoms with Crippen molar-refractivity contribution in [1.82, 2.24) is 0 Å². The van der Waals surface area contributed by atoms with E-state index in [2.05, 4.69) is 0 Å². The lowest BCUT2D eigenvalue weighted by Crippen LogP contribution is -2.64. The lowest BCUT2D eigenvalue weighted by Gasteiger charge is -2.45. The molecule has 228 valence electrons. The zero-order chi connectivity index (χ0) is 30.5. The summed E-state index contributed by atoms with van der Waals surface area (Å²) in [6.45, 7) is 0.593. The molecule has 1 aromatic heterocycles. The van der Waals surface area contributed by atoms with Crippen molar-refractivity contribution in [2.45, 2.75) is 68.3 Å². The Morgan fingerprint density at radius 2 is 1.50 bits per heavy atom. The van der Waals surface area contributed by atoms with Gasteiger partial charge in [-0.15, -0.1) is 0 Å². The summed E-state index contributed by atoms with van der Waals surface area (Å²) < 4.78 is 28.5. The Morgan fingerprint density at radius 1 is 0.810 bits per heavy atom. The topological polar surface area (TPSA) is 249 Å². The molecule has 2 aromatic carbocycles. The van der Waals surface area contributed by atoms with Crippen LogP contribution in [0.25, 0.3) is 22.3 Å². The van der Waals surface area contributed by atoms with Crippen LogP contribution >= 0.6 is 0 Å². The number of benzene rings is 2. The molecule has 2 aliphatic heterocycles. The second-order valence-electron chi connectivity index (χ2n) is 10.1. The van der Waals surface area contributed by atoms with Crippen molar-refractivity contribution in [3.8, 4) is 34.3 Å². The number of rotatable bonds is 6. The van der Waals surface area contributed by atoms with Crippen LogP contribution in [0.1, 0.15) is 6.92 Å². The number of phenolic OH excluding ortho intramolecular Hbond substituents is 3. The third-order valence-electron chi connectivity index (χ3n) is 7.21. The maximum absolute atomic E-state index is 13.7. The second kappa shape index (κ2) is 11.6. The lowest BCUT2D eigenvalue weighted by atomic mass is 9.97. The van der Waals surface area contributed by atoms with Gasteiger partial charge >= 0.3 is 0 Å². The van der Waals surface area contributed by atoms with Gasteiger partial charge < -0.3 is 69.3 Å². The van der Waals surface area contributed by atoms with E-state index in [9.17, 15) is 50.8 Å². The molecule has 0 saturated carbocycles. The number of hydrogen-bond donors (Lipinski definition) is 9. The van der Waals surface area contributed by atoms with E-state index >= 15 is 0 Å². The first kappa shape index (κ1) is 30.0. The fourth-order valence-electron chi connectivity index (χ4n) is 4.87. The third kappa shape index (κ3) is 5.37. The molecule has 0 radical (unpaired) electrons. The molecule has 42 heavy (non-hydrogen) atoms. The van der Waals surface area contributed by atoms with E-state index in [0.717, 1.165) is 12.1 Å². The first-order valence-electron chi connectivity index (χ1n) is 12.9. The van der Waals surface area contributed by atoms with Crippen LogP contribution in [0.5, 0.6) is 23.0 Å². The molecule has 2 fully saturated rings. The van der Waals surface area contributed by atoms with Crippen LogP contribution in [-0.4, -0.2) is 114 Å². The number of ether oxygens (including phenoxy) is 4. The van der Waals surface area contributed by atoms with Crippen molar-refractivity contribution in [3.63, 3.8) is 0 Å². The quantitative estimate of drug-likeness (QED) is 0.159. The largest absolute Gasteiger partial charge is 0.508 e. The Balaban J connectivity index is 1.60. The van der Waals surface area contributed by atoms with Gasteiger partial charge in [0.2, 0.25) is 17.5 Å². The van der Waals surface area contributed by atoms with Gasteiger partial charge in [-0.25, -0.2) is 0 Å². The smallest absolute Gasteiger partial charge is 0.239 e. The fourth-order valence-corrected chi connectivity index (χ4v) is 4.87. The molecule has 15 nitrogen and oxygen atoms in total. The highest BCUT2D eigenvalue weighted by atomic mass is 16.8. The van der Waals surface area contributed by atoms with E-state index in [1.54, 1.807) is 0 Å². The maximum atomic E-state index is 13.7. The van der Waals surface area contributed by atoms with Crippen LogP contribution in [0.4, 0.5) is 0 Å². The fraction of sp³-hybridized carbons (Fsp3) is 0.444. The summed E-state index contributed by atoms with van der Waals surface area (Å²) in [6.07, 6.45) is -16.3. The predicted molar refractivity (Wildman–Crippen MR) is 139 cm³/mol. The number of phenols is 3. The van der Waals surface area contributed by atoms with Crippen molar-refractivity contribution >= 4 is 11.0 Å². The molecule has 3 heterocycles. The van der Waals surface area contributed by atoms with Crippen LogP contribution in [0.15, 0.2) is 45.6 Å². The third-order valence-corrected chi connectivity index (χ3v) is 7.21. The first-order chi connectivity index (χ1) is 19.9. The molecule has 0 aliphatic carbocycles. The van der Waals surface area contributed by atoms with E-state index in [1.165, 1.54) is 31.2 Å². The number of aromatic hydroxyl groups is 3. The number of aliphatic hydroxyl groups is 6. The Kier molecular flexibility index (Phi) is 8.30. The SMILES string of the molecule is C[C@@H]1O[C@@H](O[C@H]2[C@H](Oc3c(-c4ccc(O)cc4)oc4cc(O)cc(O)c4c3=O)O[C@H](CO)[C@H](O)[C@@H]2O)[C@H](O)[C@H](O)[C@H]1O. The highest BCUT2D eigenvalue weighted by Gasteiger charge is 2.51. The Hall–Kier alpha value is -3.51. The van der Waals surface area contributed by atoms with Gasteiger partial charge in [0.05, 0.1) is 12.7 Å². The lowest BCUT2D eigenvalue weighted by molar-refractivity contribution is -0.354. The summed E-state index contributed by atoms with van der Waals surface area (Å²) >= 11 is 0. The minimum absolute atomic E-state index is 0.112. The van der Waals surface area contributed by atoms with Crippen LogP contribution in [0.2, 0.25) is 0 Å². The van der Waals surface area contributed by atoms with Gasteiger partial charge in [0.15, 0.2) is 18.2 Å². The molecule has 5 rings (SSSR count). The monoisotopic (exact) mass is 594 g/mol. The van der Waals surface area contributed by atoms with Crippen LogP contribution in [0, 0.1) is 0 Å². The van der Waals surface area contributed by atoms with E-state index < -0.39 is 96.1 Å². The molecule has 9 N–H and O–H groups in total. The number of hydrogen-bond acceptors (Lipinski definition) is 15. The predicted octanol–water partition coefficient (Wildman–Crippen LogP) is -1.39. The molecule has 3 aromatic rings. The van der Waals surface area contributed by atoms with E-state index in [-0.39, 0.29) is 22.7 Å². The van der Waals surface area contributed by atoms with Gasteiger partial charge in [-0.05, 0) is 31.2 Å². The van der Waals surface area contributed by atoms with Gasteiger partial charge in [-0.2, -0.15) is 0 Å². The summed E-state index contributed by atoms with van der Waals surface area (Å²) in [4.78, 5) is 13.7.